The van der Waals surface area contributed by atoms with Gasteiger partial charge in [-0.2, -0.15) is 5.10 Å². The second-order valence-electron chi connectivity index (χ2n) is 6.25. The summed E-state index contributed by atoms with van der Waals surface area (Å²) in [7, 11) is 0. The summed E-state index contributed by atoms with van der Waals surface area (Å²) in [5.41, 5.74) is 1.02. The minimum Gasteiger partial charge on any atom is -0.311 e. The number of piperidine rings is 1. The number of amides is 1. The van der Waals surface area contributed by atoms with Gasteiger partial charge in [0.2, 0.25) is 5.91 Å². The third kappa shape index (κ3) is 3.36. The number of hydrogen-bond acceptors (Lipinski definition) is 3. The highest BCUT2D eigenvalue weighted by Gasteiger charge is 2.36. The summed E-state index contributed by atoms with van der Waals surface area (Å²) >= 11 is 0. The molecular weight excluding hydrogens is 276 g/mol. The molecule has 0 unspecified atom stereocenters. The SMILES string of the molecule is CC1(C(=O)Nc2ccn[nH]2)CCN(Cc2ccccc2)CC1. The molecule has 0 spiro atoms. The Hall–Kier alpha value is -2.14. The standard InChI is InChI=1S/C17H22N4O/c1-17(16(22)19-15-7-10-18-20-15)8-11-21(12-9-17)13-14-5-3-2-4-6-14/h2-7,10H,8-9,11-13H2,1H3,(H2,18,19,20,22). The van der Waals surface area contributed by atoms with Crippen LogP contribution >= 0.6 is 0 Å². The molecule has 22 heavy (non-hydrogen) atoms. The third-order valence-electron chi connectivity index (χ3n) is 4.51. The fourth-order valence-electron chi connectivity index (χ4n) is 2.87. The highest BCUT2D eigenvalue weighted by atomic mass is 16.2. The number of hydrogen-bond donors (Lipinski definition) is 2. The first-order chi connectivity index (χ1) is 10.7. The zero-order chi connectivity index (χ0) is 15.4. The molecule has 1 saturated heterocycles. The summed E-state index contributed by atoms with van der Waals surface area (Å²) in [6.07, 6.45) is 3.39. The van der Waals surface area contributed by atoms with Gasteiger partial charge in [-0.25, -0.2) is 0 Å². The van der Waals surface area contributed by atoms with Crippen LogP contribution in [0.5, 0.6) is 0 Å². The van der Waals surface area contributed by atoms with Crippen LogP contribution < -0.4 is 5.32 Å². The number of aromatic nitrogens is 2. The minimum absolute atomic E-state index is 0.0797. The van der Waals surface area contributed by atoms with E-state index in [1.54, 1.807) is 12.3 Å². The summed E-state index contributed by atoms with van der Waals surface area (Å²) in [6.45, 7) is 4.90. The van der Waals surface area contributed by atoms with Gasteiger partial charge in [0.25, 0.3) is 0 Å². The van der Waals surface area contributed by atoms with Crippen LogP contribution in [0.4, 0.5) is 5.82 Å². The van der Waals surface area contributed by atoms with Crippen molar-refractivity contribution in [1.82, 2.24) is 15.1 Å². The van der Waals surface area contributed by atoms with E-state index in [1.165, 1.54) is 5.56 Å². The number of likely N-dealkylation sites (tertiary alicyclic amines) is 1. The maximum Gasteiger partial charge on any atom is 0.231 e. The van der Waals surface area contributed by atoms with Gasteiger partial charge < -0.3 is 5.32 Å². The van der Waals surface area contributed by atoms with Crippen molar-refractivity contribution in [3.63, 3.8) is 0 Å². The zero-order valence-electron chi connectivity index (χ0n) is 12.9. The van der Waals surface area contributed by atoms with Crippen LogP contribution in [0.25, 0.3) is 0 Å². The summed E-state index contributed by atoms with van der Waals surface area (Å²) in [5, 5.41) is 9.55. The van der Waals surface area contributed by atoms with Gasteiger partial charge in [-0.1, -0.05) is 37.3 Å². The number of carbonyl (C=O) groups excluding carboxylic acids is 1. The first-order valence-electron chi connectivity index (χ1n) is 7.73. The number of nitrogens with zero attached hydrogens (tertiary/aromatic N) is 2. The molecule has 2 heterocycles. The molecule has 1 amide bonds. The lowest BCUT2D eigenvalue weighted by Gasteiger charge is -2.38. The van der Waals surface area contributed by atoms with Crippen molar-refractivity contribution in [1.29, 1.82) is 0 Å². The Balaban J connectivity index is 1.55. The number of aromatic amines is 1. The summed E-state index contributed by atoms with van der Waals surface area (Å²) in [4.78, 5) is 14.9. The molecule has 1 fully saturated rings. The molecular formula is C17H22N4O. The van der Waals surface area contributed by atoms with Gasteiger partial charge in [0.05, 0.1) is 6.20 Å². The normalized spacial score (nSPS) is 18.0. The van der Waals surface area contributed by atoms with E-state index in [1.807, 2.05) is 6.07 Å². The highest BCUT2D eigenvalue weighted by molar-refractivity contribution is 5.94. The minimum atomic E-state index is -0.307. The fraction of sp³-hybridized carbons (Fsp3) is 0.412. The fourth-order valence-corrected chi connectivity index (χ4v) is 2.87. The molecule has 0 aliphatic carbocycles. The Morgan fingerprint density at radius 3 is 2.64 bits per heavy atom. The van der Waals surface area contributed by atoms with Crippen molar-refractivity contribution in [3.05, 3.63) is 48.2 Å². The largest absolute Gasteiger partial charge is 0.311 e. The molecule has 1 aliphatic rings. The van der Waals surface area contributed by atoms with Gasteiger partial charge in [0.1, 0.15) is 5.82 Å². The molecule has 5 nitrogen and oxygen atoms in total. The molecule has 1 aliphatic heterocycles. The van der Waals surface area contributed by atoms with Gasteiger partial charge in [-0.05, 0) is 31.5 Å². The van der Waals surface area contributed by atoms with Crippen molar-refractivity contribution in [2.75, 3.05) is 18.4 Å². The Morgan fingerprint density at radius 2 is 2.00 bits per heavy atom. The lowest BCUT2D eigenvalue weighted by Crippen LogP contribution is -2.44. The highest BCUT2D eigenvalue weighted by Crippen LogP contribution is 2.32. The summed E-state index contributed by atoms with van der Waals surface area (Å²) < 4.78 is 0. The van der Waals surface area contributed by atoms with Crippen LogP contribution in [-0.4, -0.2) is 34.1 Å². The predicted molar refractivity (Wildman–Crippen MR) is 86.3 cm³/mol. The van der Waals surface area contributed by atoms with Crippen molar-refractivity contribution >= 4 is 11.7 Å². The Bertz CT molecular complexity index is 601. The molecule has 2 aromatic rings. The second-order valence-corrected chi connectivity index (χ2v) is 6.25. The quantitative estimate of drug-likeness (QED) is 0.912. The number of nitrogens with one attached hydrogen (secondary N) is 2. The smallest absolute Gasteiger partial charge is 0.231 e. The van der Waals surface area contributed by atoms with E-state index in [0.29, 0.717) is 5.82 Å². The van der Waals surface area contributed by atoms with Crippen molar-refractivity contribution in [2.24, 2.45) is 5.41 Å². The average molecular weight is 298 g/mol. The van der Waals surface area contributed by atoms with Crippen LogP contribution in [0.1, 0.15) is 25.3 Å². The van der Waals surface area contributed by atoms with Gasteiger partial charge in [-0.3, -0.25) is 14.8 Å². The Labute approximate surface area is 130 Å². The van der Waals surface area contributed by atoms with E-state index >= 15 is 0 Å². The second kappa shape index (κ2) is 6.32. The molecule has 2 N–H and O–H groups in total. The molecule has 1 aromatic carbocycles. The molecule has 0 radical (unpaired) electrons. The van der Waals surface area contributed by atoms with Gasteiger partial charge in [0.15, 0.2) is 0 Å². The van der Waals surface area contributed by atoms with Crippen LogP contribution in [0, 0.1) is 5.41 Å². The van der Waals surface area contributed by atoms with Crippen molar-refractivity contribution < 1.29 is 4.79 Å². The molecule has 1 aromatic heterocycles. The van der Waals surface area contributed by atoms with Crippen LogP contribution in [0.15, 0.2) is 42.6 Å². The van der Waals surface area contributed by atoms with Crippen molar-refractivity contribution in [3.8, 4) is 0 Å². The maximum absolute atomic E-state index is 12.5. The topological polar surface area (TPSA) is 61.0 Å². The Morgan fingerprint density at radius 1 is 1.27 bits per heavy atom. The van der Waals surface area contributed by atoms with E-state index in [4.69, 9.17) is 0 Å². The molecule has 0 bridgehead atoms. The van der Waals surface area contributed by atoms with Crippen LogP contribution in [-0.2, 0) is 11.3 Å². The third-order valence-corrected chi connectivity index (χ3v) is 4.51. The predicted octanol–water partition coefficient (Wildman–Crippen LogP) is 2.65. The molecule has 5 heteroatoms. The van der Waals surface area contributed by atoms with Crippen LogP contribution in [0.2, 0.25) is 0 Å². The van der Waals surface area contributed by atoms with E-state index in [0.717, 1.165) is 32.5 Å². The molecule has 0 saturated carbocycles. The molecule has 3 rings (SSSR count). The monoisotopic (exact) mass is 298 g/mol. The number of benzene rings is 1. The van der Waals surface area contributed by atoms with Gasteiger partial charge >= 0.3 is 0 Å². The van der Waals surface area contributed by atoms with E-state index in [-0.39, 0.29) is 11.3 Å². The number of rotatable bonds is 4. The first kappa shape index (κ1) is 14.8. The molecule has 0 atom stereocenters. The number of anilines is 1. The lowest BCUT2D eigenvalue weighted by molar-refractivity contribution is -0.127. The number of H-pyrrole nitrogens is 1. The zero-order valence-corrected chi connectivity index (χ0v) is 12.9. The summed E-state index contributed by atoms with van der Waals surface area (Å²) in [5.74, 6) is 0.744. The van der Waals surface area contributed by atoms with E-state index < -0.39 is 0 Å². The van der Waals surface area contributed by atoms with E-state index in [2.05, 4.69) is 51.6 Å². The molecule has 116 valence electrons. The Kier molecular flexibility index (Phi) is 4.24. The van der Waals surface area contributed by atoms with E-state index in [9.17, 15) is 4.79 Å². The first-order valence-corrected chi connectivity index (χ1v) is 7.73. The van der Waals surface area contributed by atoms with Gasteiger partial charge in [0, 0.05) is 18.0 Å². The van der Waals surface area contributed by atoms with Crippen LogP contribution in [0.3, 0.4) is 0 Å². The van der Waals surface area contributed by atoms with Crippen molar-refractivity contribution in [2.45, 2.75) is 26.3 Å². The summed E-state index contributed by atoms with van der Waals surface area (Å²) in [6, 6.07) is 12.3. The maximum atomic E-state index is 12.5. The average Bonchev–Trinajstić information content (AvgIpc) is 3.04. The lowest BCUT2D eigenvalue weighted by atomic mass is 9.79. The van der Waals surface area contributed by atoms with Gasteiger partial charge in [-0.15, -0.1) is 0 Å². The number of carbonyl (C=O) groups is 1.